The van der Waals surface area contributed by atoms with Crippen LogP contribution in [0.15, 0.2) is 71.7 Å². The minimum atomic E-state index is -0.348. The maximum absolute atomic E-state index is 13.3. The van der Waals surface area contributed by atoms with Crippen molar-refractivity contribution in [2.24, 2.45) is 0 Å². The minimum absolute atomic E-state index is 0.0980. The van der Waals surface area contributed by atoms with E-state index >= 15 is 0 Å². The SMILES string of the molecule is Cc1ccc(Cn2cc(C(=O)c3ccc(Cl)cc3)c(=O)c3cc4c(cc32)OCO4)cc1. The number of rotatable bonds is 4. The van der Waals surface area contributed by atoms with Gasteiger partial charge in [-0.2, -0.15) is 0 Å². The van der Waals surface area contributed by atoms with Crippen LogP contribution in [0.25, 0.3) is 10.9 Å². The van der Waals surface area contributed by atoms with Crippen molar-refractivity contribution >= 4 is 28.3 Å². The Morgan fingerprint density at radius 1 is 1.00 bits per heavy atom. The lowest BCUT2D eigenvalue weighted by molar-refractivity contribution is 0.103. The van der Waals surface area contributed by atoms with Gasteiger partial charge >= 0.3 is 0 Å². The lowest BCUT2D eigenvalue weighted by Crippen LogP contribution is -2.20. The van der Waals surface area contributed by atoms with Gasteiger partial charge in [0.25, 0.3) is 0 Å². The monoisotopic (exact) mass is 431 g/mol. The maximum atomic E-state index is 13.3. The molecule has 5 rings (SSSR count). The van der Waals surface area contributed by atoms with Crippen LogP contribution in [0, 0.1) is 6.92 Å². The summed E-state index contributed by atoms with van der Waals surface area (Å²) in [5.41, 5.74) is 3.06. The number of pyridine rings is 1. The molecule has 3 aromatic carbocycles. The normalized spacial score (nSPS) is 12.3. The van der Waals surface area contributed by atoms with Gasteiger partial charge in [0.15, 0.2) is 17.3 Å². The van der Waals surface area contributed by atoms with Crippen LogP contribution < -0.4 is 14.9 Å². The molecule has 0 saturated heterocycles. The number of halogens is 1. The quantitative estimate of drug-likeness (QED) is 0.428. The molecular weight excluding hydrogens is 414 g/mol. The zero-order chi connectivity index (χ0) is 21.5. The molecule has 31 heavy (non-hydrogen) atoms. The van der Waals surface area contributed by atoms with E-state index in [9.17, 15) is 9.59 Å². The van der Waals surface area contributed by atoms with Crippen molar-refractivity contribution in [3.63, 3.8) is 0 Å². The van der Waals surface area contributed by atoms with Crippen LogP contribution in [0.2, 0.25) is 5.02 Å². The highest BCUT2D eigenvalue weighted by Crippen LogP contribution is 2.35. The molecule has 5 nitrogen and oxygen atoms in total. The van der Waals surface area contributed by atoms with Crippen LogP contribution >= 0.6 is 11.6 Å². The Hall–Kier alpha value is -3.57. The summed E-state index contributed by atoms with van der Waals surface area (Å²) in [5, 5.41) is 0.940. The lowest BCUT2D eigenvalue weighted by Gasteiger charge is -2.14. The van der Waals surface area contributed by atoms with E-state index in [1.807, 2.05) is 35.8 Å². The molecule has 0 radical (unpaired) electrons. The number of nitrogens with zero attached hydrogens (tertiary/aromatic N) is 1. The van der Waals surface area contributed by atoms with Crippen molar-refractivity contribution in [3.05, 3.63) is 104 Å². The zero-order valence-corrected chi connectivity index (χ0v) is 17.5. The number of ketones is 1. The van der Waals surface area contributed by atoms with E-state index in [1.165, 1.54) is 0 Å². The fourth-order valence-electron chi connectivity index (χ4n) is 3.72. The molecule has 0 bridgehead atoms. The number of aromatic nitrogens is 1. The number of carbonyl (C=O) groups is 1. The zero-order valence-electron chi connectivity index (χ0n) is 16.7. The molecule has 0 spiro atoms. The van der Waals surface area contributed by atoms with Gasteiger partial charge in [-0.15, -0.1) is 0 Å². The third-order valence-electron chi connectivity index (χ3n) is 5.40. The molecule has 0 atom stereocenters. The number of ether oxygens (including phenoxy) is 2. The lowest BCUT2D eigenvalue weighted by atomic mass is 10.0. The minimum Gasteiger partial charge on any atom is -0.454 e. The Labute approximate surface area is 183 Å². The summed E-state index contributed by atoms with van der Waals surface area (Å²) in [6, 6.07) is 18.1. The average Bonchev–Trinajstić information content (AvgIpc) is 3.24. The Balaban J connectivity index is 1.70. The summed E-state index contributed by atoms with van der Waals surface area (Å²) in [6.45, 7) is 2.63. The van der Waals surface area contributed by atoms with Crippen LogP contribution in [0.3, 0.4) is 0 Å². The fourth-order valence-corrected chi connectivity index (χ4v) is 3.85. The fraction of sp³-hybridized carbons (Fsp3) is 0.120. The summed E-state index contributed by atoms with van der Waals surface area (Å²) in [6.07, 6.45) is 1.63. The number of aryl methyl sites for hydroxylation is 1. The van der Waals surface area contributed by atoms with Crippen LogP contribution in [0.4, 0.5) is 0 Å². The van der Waals surface area contributed by atoms with Crippen molar-refractivity contribution in [2.75, 3.05) is 6.79 Å². The van der Waals surface area contributed by atoms with E-state index in [4.69, 9.17) is 21.1 Å². The number of benzene rings is 3. The smallest absolute Gasteiger partial charge is 0.231 e. The first-order valence-electron chi connectivity index (χ1n) is 9.82. The summed E-state index contributed by atoms with van der Waals surface area (Å²) in [5.74, 6) is 0.739. The van der Waals surface area contributed by atoms with Crippen molar-refractivity contribution < 1.29 is 14.3 Å². The van der Waals surface area contributed by atoms with Gasteiger partial charge in [0, 0.05) is 29.4 Å². The van der Waals surface area contributed by atoms with Gasteiger partial charge in [-0.25, -0.2) is 0 Å². The van der Waals surface area contributed by atoms with Crippen LogP contribution in [0.1, 0.15) is 27.0 Å². The van der Waals surface area contributed by atoms with Gasteiger partial charge in [0.05, 0.1) is 16.5 Å². The van der Waals surface area contributed by atoms with E-state index in [2.05, 4.69) is 0 Å². The molecular formula is C25H18ClNO4. The topological polar surface area (TPSA) is 57.5 Å². The van der Waals surface area contributed by atoms with E-state index in [-0.39, 0.29) is 23.6 Å². The first-order valence-corrected chi connectivity index (χ1v) is 10.2. The summed E-state index contributed by atoms with van der Waals surface area (Å²) in [7, 11) is 0. The van der Waals surface area contributed by atoms with Crippen molar-refractivity contribution in [1.82, 2.24) is 4.57 Å². The molecule has 0 aliphatic carbocycles. The van der Waals surface area contributed by atoms with Gasteiger partial charge in [-0.3, -0.25) is 9.59 Å². The van der Waals surface area contributed by atoms with Gasteiger partial charge in [0.2, 0.25) is 12.2 Å². The number of fused-ring (bicyclic) bond motifs is 2. The maximum Gasteiger partial charge on any atom is 0.231 e. The number of hydrogen-bond acceptors (Lipinski definition) is 4. The first kappa shape index (κ1) is 19.4. The highest BCUT2D eigenvalue weighted by atomic mass is 35.5. The van der Waals surface area contributed by atoms with E-state index in [0.29, 0.717) is 39.5 Å². The first-order chi connectivity index (χ1) is 15.0. The van der Waals surface area contributed by atoms with Gasteiger partial charge in [0.1, 0.15) is 0 Å². The third kappa shape index (κ3) is 3.57. The van der Waals surface area contributed by atoms with E-state index in [1.54, 1.807) is 42.6 Å². The second-order valence-corrected chi connectivity index (χ2v) is 7.98. The molecule has 1 aliphatic rings. The summed E-state index contributed by atoms with van der Waals surface area (Å²) >= 11 is 5.95. The second-order valence-electron chi connectivity index (χ2n) is 7.54. The highest BCUT2D eigenvalue weighted by Gasteiger charge is 2.21. The van der Waals surface area contributed by atoms with Gasteiger partial charge in [-0.1, -0.05) is 41.4 Å². The average molecular weight is 432 g/mol. The van der Waals surface area contributed by atoms with Gasteiger partial charge < -0.3 is 14.0 Å². The molecule has 4 aromatic rings. The molecule has 2 heterocycles. The van der Waals surface area contributed by atoms with E-state index < -0.39 is 0 Å². The molecule has 0 amide bonds. The number of hydrogen-bond donors (Lipinski definition) is 0. The predicted octanol–water partition coefficient (Wildman–Crippen LogP) is 4.97. The molecule has 6 heteroatoms. The molecule has 0 saturated carbocycles. The van der Waals surface area contributed by atoms with Crippen LogP contribution in [0.5, 0.6) is 11.5 Å². The number of carbonyl (C=O) groups excluding carboxylic acids is 1. The van der Waals surface area contributed by atoms with Crippen LogP contribution in [-0.2, 0) is 6.54 Å². The Morgan fingerprint density at radius 2 is 1.68 bits per heavy atom. The Kier molecular flexibility index (Phi) is 4.75. The molecule has 0 N–H and O–H groups in total. The van der Waals surface area contributed by atoms with Gasteiger partial charge in [-0.05, 0) is 42.8 Å². The van der Waals surface area contributed by atoms with Crippen LogP contribution in [-0.4, -0.2) is 17.1 Å². The Morgan fingerprint density at radius 3 is 2.39 bits per heavy atom. The molecule has 0 unspecified atom stereocenters. The molecule has 1 aliphatic heterocycles. The summed E-state index contributed by atoms with van der Waals surface area (Å²) in [4.78, 5) is 26.5. The molecule has 0 fully saturated rings. The predicted molar refractivity (Wildman–Crippen MR) is 119 cm³/mol. The van der Waals surface area contributed by atoms with Crippen molar-refractivity contribution in [1.29, 1.82) is 0 Å². The molecule has 154 valence electrons. The largest absolute Gasteiger partial charge is 0.454 e. The Bertz CT molecular complexity index is 1370. The standard InChI is InChI=1S/C25H18ClNO4/c1-15-2-4-16(5-3-15)12-27-13-20(24(28)17-6-8-18(26)9-7-17)25(29)19-10-22-23(11-21(19)27)31-14-30-22/h2-11,13H,12,14H2,1H3. The second kappa shape index (κ2) is 7.60. The molecule has 1 aromatic heterocycles. The van der Waals surface area contributed by atoms with Crippen molar-refractivity contribution in [3.8, 4) is 11.5 Å². The van der Waals surface area contributed by atoms with Crippen molar-refractivity contribution in [2.45, 2.75) is 13.5 Å². The third-order valence-corrected chi connectivity index (χ3v) is 5.65. The summed E-state index contributed by atoms with van der Waals surface area (Å²) < 4.78 is 12.9. The van der Waals surface area contributed by atoms with E-state index in [0.717, 1.165) is 11.1 Å². The highest BCUT2D eigenvalue weighted by molar-refractivity contribution is 6.30.